The van der Waals surface area contributed by atoms with Crippen LogP contribution in [-0.2, 0) is 42.2 Å². The molecule has 2 N–H and O–H groups in total. The van der Waals surface area contributed by atoms with E-state index < -0.39 is 57.8 Å². The van der Waals surface area contributed by atoms with Gasteiger partial charge in [0.25, 0.3) is 0 Å². The van der Waals surface area contributed by atoms with Gasteiger partial charge in [0.1, 0.15) is 12.7 Å². The molecule has 0 saturated carbocycles. The normalized spacial score (nSPS) is 13.8. The van der Waals surface area contributed by atoms with Crippen molar-refractivity contribution in [3.8, 4) is 0 Å². The number of allylic oxidation sites excluding steroid dienone is 8. The van der Waals surface area contributed by atoms with Crippen LogP contribution < -0.4 is 0 Å². The van der Waals surface area contributed by atoms with Gasteiger partial charge in [-0.2, -0.15) is 0 Å². The lowest BCUT2D eigenvalue weighted by molar-refractivity contribution is -0.161. The van der Waals surface area contributed by atoms with Crippen molar-refractivity contribution < 1.29 is 52.2 Å². The van der Waals surface area contributed by atoms with E-state index in [-0.39, 0.29) is 25.9 Å². The number of aliphatic hydroxyl groups is 1. The largest absolute Gasteiger partial charge is 0.472 e. The maximum Gasteiger partial charge on any atom is 0.472 e. The van der Waals surface area contributed by atoms with Crippen molar-refractivity contribution in [2.24, 2.45) is 0 Å². The van der Waals surface area contributed by atoms with Gasteiger partial charge in [0, 0.05) is 19.3 Å². The monoisotopic (exact) mass is 981 g/mol. The lowest BCUT2D eigenvalue weighted by Crippen LogP contribution is -2.30. The number of ether oxygens (including phenoxy) is 3. The third-order valence-electron chi connectivity index (χ3n) is 11.7. The molecule has 0 aromatic carbocycles. The summed E-state index contributed by atoms with van der Waals surface area (Å²) in [7, 11) is -4.74. The highest BCUT2D eigenvalue weighted by molar-refractivity contribution is 7.47. The molecule has 0 aliphatic carbocycles. The predicted molar refractivity (Wildman–Crippen MR) is 279 cm³/mol. The summed E-state index contributed by atoms with van der Waals surface area (Å²) >= 11 is 0. The van der Waals surface area contributed by atoms with Gasteiger partial charge in [0.05, 0.1) is 19.8 Å². The second kappa shape index (κ2) is 50.8. The molecule has 0 amide bonds. The zero-order valence-electron chi connectivity index (χ0n) is 43.6. The van der Waals surface area contributed by atoms with Gasteiger partial charge in [0.15, 0.2) is 6.10 Å². The van der Waals surface area contributed by atoms with Gasteiger partial charge < -0.3 is 24.2 Å². The Bertz CT molecular complexity index is 1330. The first-order chi connectivity index (χ1) is 33.2. The van der Waals surface area contributed by atoms with Gasteiger partial charge in [-0.25, -0.2) is 4.57 Å². The molecule has 0 bridgehead atoms. The summed E-state index contributed by atoms with van der Waals surface area (Å²) in [5, 5.41) is 9.77. The first kappa shape index (κ1) is 65.4. The van der Waals surface area contributed by atoms with Crippen LogP contribution in [0.3, 0.4) is 0 Å². The minimum Gasteiger partial charge on any atom is -0.462 e. The van der Waals surface area contributed by atoms with Crippen LogP contribution in [-0.4, -0.2) is 66.5 Å². The van der Waals surface area contributed by atoms with E-state index in [0.717, 1.165) is 109 Å². The number of carbonyl (C=O) groups excluding carboxylic acids is 3. The molecule has 0 spiro atoms. The summed E-state index contributed by atoms with van der Waals surface area (Å²) < 4.78 is 39.4. The Morgan fingerprint density at radius 1 is 0.412 bits per heavy atom. The van der Waals surface area contributed by atoms with Crippen LogP contribution in [0.5, 0.6) is 0 Å². The first-order valence-corrected chi connectivity index (χ1v) is 29.0. The lowest BCUT2D eigenvalue weighted by atomic mass is 10.1. The van der Waals surface area contributed by atoms with Crippen LogP contribution in [0.1, 0.15) is 252 Å². The molecule has 3 unspecified atom stereocenters. The van der Waals surface area contributed by atoms with Crippen LogP contribution in [0.25, 0.3) is 0 Å². The Morgan fingerprint density at radius 2 is 0.735 bits per heavy atom. The average molecular weight is 981 g/mol. The standard InChI is InChI=1S/C56H101O11P/c1-4-7-10-13-16-19-22-23-24-25-26-27-28-29-32-33-36-39-42-45-54(58)63-49-53(67-56(60)47-44-41-38-35-31-21-18-15-12-9-6-3)51-65-68(61,62)64-50-52(48-57)66-55(59)46-43-40-37-34-30-20-17-14-11-8-5-2/h15-16,18-19,23-24,26-27,52-53,57H,4-14,17,20-22,25,28-51H2,1-3H3,(H,61,62)/b18-15-,19-16-,24-23-,27-26-. The van der Waals surface area contributed by atoms with Crippen LogP contribution in [0.2, 0.25) is 0 Å². The fourth-order valence-electron chi connectivity index (χ4n) is 7.46. The van der Waals surface area contributed by atoms with Crippen molar-refractivity contribution in [3.63, 3.8) is 0 Å². The number of aliphatic hydroxyl groups excluding tert-OH is 1. The third-order valence-corrected chi connectivity index (χ3v) is 12.7. The maximum absolute atomic E-state index is 12.8. The summed E-state index contributed by atoms with van der Waals surface area (Å²) in [4.78, 5) is 48.3. The Kier molecular flexibility index (Phi) is 48.9. The molecule has 0 aliphatic rings. The van der Waals surface area contributed by atoms with E-state index in [2.05, 4.69) is 69.4 Å². The molecule has 0 heterocycles. The van der Waals surface area contributed by atoms with Gasteiger partial charge in [0.2, 0.25) is 0 Å². The van der Waals surface area contributed by atoms with Crippen molar-refractivity contribution in [2.75, 3.05) is 26.4 Å². The summed E-state index contributed by atoms with van der Waals surface area (Å²) in [6.45, 7) is 4.55. The molecule has 0 radical (unpaired) electrons. The number of esters is 3. The Hall–Kier alpha value is -2.56. The minimum atomic E-state index is -4.74. The fourth-order valence-corrected chi connectivity index (χ4v) is 8.25. The van der Waals surface area contributed by atoms with Gasteiger partial charge >= 0.3 is 25.7 Å². The smallest absolute Gasteiger partial charge is 0.462 e. The predicted octanol–water partition coefficient (Wildman–Crippen LogP) is 15.8. The molecular formula is C56H101O11P. The average Bonchev–Trinajstić information content (AvgIpc) is 3.32. The molecule has 11 nitrogen and oxygen atoms in total. The van der Waals surface area contributed by atoms with Crippen molar-refractivity contribution in [2.45, 2.75) is 264 Å². The highest BCUT2D eigenvalue weighted by Crippen LogP contribution is 2.43. The SMILES string of the molecule is CCCC/C=C\CCCCCCCC(=O)OC(COC(=O)CCCCCCCC/C=C\C/C=C\C/C=C\CCCCC)COP(=O)(O)OCC(CO)OC(=O)CCCCCCCCCCCCC. The molecule has 0 saturated heterocycles. The maximum atomic E-state index is 12.8. The van der Waals surface area contributed by atoms with Crippen LogP contribution >= 0.6 is 7.82 Å². The molecule has 12 heteroatoms. The summed E-state index contributed by atoms with van der Waals surface area (Å²) in [6.07, 6.45) is 52.2. The molecule has 0 aromatic heterocycles. The summed E-state index contributed by atoms with van der Waals surface area (Å²) in [5.41, 5.74) is 0. The van der Waals surface area contributed by atoms with Crippen molar-refractivity contribution >= 4 is 25.7 Å². The number of unbranched alkanes of at least 4 members (excludes halogenated alkanes) is 26. The Labute approximate surface area is 415 Å². The highest BCUT2D eigenvalue weighted by atomic mass is 31.2. The summed E-state index contributed by atoms with van der Waals surface area (Å²) in [5.74, 6) is -1.48. The quantitative estimate of drug-likeness (QED) is 0.0197. The van der Waals surface area contributed by atoms with Crippen LogP contribution in [0, 0.1) is 0 Å². The molecule has 0 aliphatic heterocycles. The number of hydrogen-bond donors (Lipinski definition) is 2. The minimum absolute atomic E-state index is 0.155. The van der Waals surface area contributed by atoms with E-state index in [1.165, 1.54) is 83.5 Å². The van der Waals surface area contributed by atoms with Crippen LogP contribution in [0.15, 0.2) is 48.6 Å². The van der Waals surface area contributed by atoms with Gasteiger partial charge in [-0.05, 0) is 77.0 Å². The Morgan fingerprint density at radius 3 is 1.19 bits per heavy atom. The second-order valence-corrected chi connectivity index (χ2v) is 19.8. The molecular weight excluding hydrogens is 880 g/mol. The number of carbonyl (C=O) groups is 3. The molecule has 0 aromatic rings. The molecule has 0 fully saturated rings. The van der Waals surface area contributed by atoms with E-state index >= 15 is 0 Å². The zero-order valence-corrected chi connectivity index (χ0v) is 44.5. The van der Waals surface area contributed by atoms with E-state index in [1.54, 1.807) is 0 Å². The lowest BCUT2D eigenvalue weighted by Gasteiger charge is -2.21. The van der Waals surface area contributed by atoms with Crippen LogP contribution in [0.4, 0.5) is 0 Å². The fraction of sp³-hybridized carbons (Fsp3) is 0.804. The number of phosphoric ester groups is 1. The number of phosphoric acid groups is 1. The van der Waals surface area contributed by atoms with Gasteiger partial charge in [-0.1, -0.05) is 204 Å². The second-order valence-electron chi connectivity index (χ2n) is 18.4. The molecule has 396 valence electrons. The molecule has 68 heavy (non-hydrogen) atoms. The van der Waals surface area contributed by atoms with E-state index in [1.807, 2.05) is 0 Å². The van der Waals surface area contributed by atoms with Crippen molar-refractivity contribution in [1.29, 1.82) is 0 Å². The first-order valence-electron chi connectivity index (χ1n) is 27.5. The van der Waals surface area contributed by atoms with E-state index in [0.29, 0.717) is 19.3 Å². The van der Waals surface area contributed by atoms with Crippen molar-refractivity contribution in [1.82, 2.24) is 0 Å². The third kappa shape index (κ3) is 48.5. The van der Waals surface area contributed by atoms with Gasteiger partial charge in [-0.15, -0.1) is 0 Å². The zero-order chi connectivity index (χ0) is 49.9. The molecule has 3 atom stereocenters. The summed E-state index contributed by atoms with van der Waals surface area (Å²) in [6, 6.07) is 0. The van der Waals surface area contributed by atoms with E-state index in [4.69, 9.17) is 23.3 Å². The van der Waals surface area contributed by atoms with Crippen molar-refractivity contribution in [3.05, 3.63) is 48.6 Å². The number of hydrogen-bond acceptors (Lipinski definition) is 10. The molecule has 0 rings (SSSR count). The van der Waals surface area contributed by atoms with E-state index in [9.17, 15) is 28.9 Å². The number of rotatable bonds is 51. The Balaban J connectivity index is 4.69. The topological polar surface area (TPSA) is 155 Å². The van der Waals surface area contributed by atoms with Gasteiger partial charge in [-0.3, -0.25) is 23.4 Å². The highest BCUT2D eigenvalue weighted by Gasteiger charge is 2.28.